The number of urea groups is 1. The molecule has 31 heavy (non-hydrogen) atoms. The van der Waals surface area contributed by atoms with Crippen molar-refractivity contribution in [3.8, 4) is 11.5 Å². The highest BCUT2D eigenvalue weighted by Crippen LogP contribution is 2.40. The predicted molar refractivity (Wildman–Crippen MR) is 118 cm³/mol. The third-order valence-corrected chi connectivity index (χ3v) is 6.85. The van der Waals surface area contributed by atoms with E-state index in [9.17, 15) is 13.2 Å². The maximum atomic E-state index is 13.5. The van der Waals surface area contributed by atoms with E-state index >= 15 is 0 Å². The summed E-state index contributed by atoms with van der Waals surface area (Å²) in [6.07, 6.45) is 0. The van der Waals surface area contributed by atoms with E-state index in [1.807, 2.05) is 31.2 Å². The highest BCUT2D eigenvalue weighted by molar-refractivity contribution is 7.94. The Kier molecular flexibility index (Phi) is 5.32. The van der Waals surface area contributed by atoms with Gasteiger partial charge >= 0.3 is 6.03 Å². The van der Waals surface area contributed by atoms with Crippen LogP contribution in [0.1, 0.15) is 11.1 Å². The molecular formula is C23H22N2O5S. The molecule has 0 aliphatic carbocycles. The number of aryl methyl sites for hydroxylation is 1. The van der Waals surface area contributed by atoms with Gasteiger partial charge in [0.15, 0.2) is 11.5 Å². The Hall–Kier alpha value is -3.52. The van der Waals surface area contributed by atoms with Crippen LogP contribution in [0.4, 0.5) is 16.2 Å². The van der Waals surface area contributed by atoms with E-state index in [1.54, 1.807) is 24.3 Å². The number of sulfonamides is 1. The zero-order chi connectivity index (χ0) is 22.2. The maximum absolute atomic E-state index is 13.5. The fourth-order valence-corrected chi connectivity index (χ4v) is 5.24. The number of hydrogen-bond donors (Lipinski definition) is 0. The SMILES string of the molecule is COc1ccc(N2C(=O)N(Cc3cccc(C)c3)c3ccccc3S2(=O)=O)cc1OC. The van der Waals surface area contributed by atoms with E-state index in [0.717, 1.165) is 15.4 Å². The number of nitrogens with zero attached hydrogens (tertiary/aromatic N) is 2. The van der Waals surface area contributed by atoms with Gasteiger partial charge < -0.3 is 9.47 Å². The molecule has 1 heterocycles. The highest BCUT2D eigenvalue weighted by Gasteiger charge is 2.42. The number of carbonyl (C=O) groups excluding carboxylic acids is 1. The first kappa shape index (κ1) is 20.7. The van der Waals surface area contributed by atoms with Gasteiger partial charge in [-0.05, 0) is 36.8 Å². The van der Waals surface area contributed by atoms with Crippen molar-refractivity contribution < 1.29 is 22.7 Å². The Bertz CT molecular complexity index is 1260. The number of anilines is 2. The fraction of sp³-hybridized carbons (Fsp3) is 0.174. The van der Waals surface area contributed by atoms with Crippen molar-refractivity contribution in [2.24, 2.45) is 0 Å². The van der Waals surface area contributed by atoms with Gasteiger partial charge in [0.1, 0.15) is 4.90 Å². The molecule has 0 saturated heterocycles. The fourth-order valence-electron chi connectivity index (χ4n) is 3.66. The number of hydrogen-bond acceptors (Lipinski definition) is 5. The summed E-state index contributed by atoms with van der Waals surface area (Å²) < 4.78 is 38.2. The number of para-hydroxylation sites is 1. The summed E-state index contributed by atoms with van der Waals surface area (Å²) in [5, 5.41) is 0. The number of carbonyl (C=O) groups is 1. The van der Waals surface area contributed by atoms with Crippen molar-refractivity contribution in [2.75, 3.05) is 23.4 Å². The van der Waals surface area contributed by atoms with Gasteiger partial charge in [0.25, 0.3) is 10.0 Å². The molecule has 7 nitrogen and oxygen atoms in total. The first-order chi connectivity index (χ1) is 14.9. The molecule has 1 aliphatic rings. The second-order valence-corrected chi connectivity index (χ2v) is 8.89. The van der Waals surface area contributed by atoms with Crippen LogP contribution in [0.15, 0.2) is 71.6 Å². The number of ether oxygens (including phenoxy) is 2. The van der Waals surface area contributed by atoms with E-state index in [1.165, 1.54) is 37.3 Å². The smallest absolute Gasteiger partial charge is 0.343 e. The van der Waals surface area contributed by atoms with Crippen LogP contribution in [0.25, 0.3) is 0 Å². The van der Waals surface area contributed by atoms with Gasteiger partial charge in [0, 0.05) is 6.07 Å². The number of fused-ring (bicyclic) bond motifs is 1. The molecule has 0 bridgehead atoms. The van der Waals surface area contributed by atoms with Crippen LogP contribution in [-0.2, 0) is 16.6 Å². The lowest BCUT2D eigenvalue weighted by atomic mass is 10.1. The molecule has 8 heteroatoms. The maximum Gasteiger partial charge on any atom is 0.343 e. The van der Waals surface area contributed by atoms with E-state index in [0.29, 0.717) is 17.2 Å². The Balaban J connectivity index is 1.86. The summed E-state index contributed by atoms with van der Waals surface area (Å²) in [5.74, 6) is 0.761. The Morgan fingerprint density at radius 1 is 0.871 bits per heavy atom. The first-order valence-corrected chi connectivity index (χ1v) is 11.0. The van der Waals surface area contributed by atoms with Crippen molar-refractivity contribution >= 4 is 27.4 Å². The van der Waals surface area contributed by atoms with Gasteiger partial charge in [0.05, 0.1) is 32.1 Å². The minimum atomic E-state index is -4.12. The quantitative estimate of drug-likeness (QED) is 0.592. The lowest BCUT2D eigenvalue weighted by molar-refractivity contribution is 0.253. The zero-order valence-corrected chi connectivity index (χ0v) is 18.2. The molecule has 1 aliphatic heterocycles. The Labute approximate surface area is 181 Å². The second-order valence-electron chi connectivity index (χ2n) is 7.13. The molecule has 0 atom stereocenters. The average Bonchev–Trinajstić information content (AvgIpc) is 2.76. The normalized spacial score (nSPS) is 14.9. The molecule has 0 N–H and O–H groups in total. The average molecular weight is 439 g/mol. The number of amides is 2. The van der Waals surface area contributed by atoms with Crippen molar-refractivity contribution in [1.82, 2.24) is 0 Å². The van der Waals surface area contributed by atoms with Crippen molar-refractivity contribution in [1.29, 1.82) is 0 Å². The van der Waals surface area contributed by atoms with Gasteiger partial charge in [-0.15, -0.1) is 0 Å². The minimum absolute atomic E-state index is 0.0667. The van der Waals surface area contributed by atoms with Crippen LogP contribution in [0, 0.1) is 6.92 Å². The van der Waals surface area contributed by atoms with Gasteiger partial charge in [-0.1, -0.05) is 42.0 Å². The van der Waals surface area contributed by atoms with E-state index in [2.05, 4.69) is 0 Å². The molecule has 2 amide bonds. The molecule has 3 aromatic rings. The van der Waals surface area contributed by atoms with Crippen molar-refractivity contribution in [3.63, 3.8) is 0 Å². The van der Waals surface area contributed by atoms with Gasteiger partial charge in [-0.2, -0.15) is 4.31 Å². The summed E-state index contributed by atoms with van der Waals surface area (Å²) in [5.41, 5.74) is 2.48. The minimum Gasteiger partial charge on any atom is -0.493 e. The summed E-state index contributed by atoms with van der Waals surface area (Å²) in [6, 6.07) is 18.2. The standard InChI is InChI=1S/C23H22N2O5S/c1-16-7-6-8-17(13-16)15-24-19-9-4-5-10-22(19)31(27,28)25(23(24)26)18-11-12-20(29-2)21(14-18)30-3/h4-14H,15H2,1-3H3. The topological polar surface area (TPSA) is 76.2 Å². The second kappa shape index (κ2) is 7.96. The predicted octanol–water partition coefficient (Wildman–Crippen LogP) is 4.35. The molecule has 0 aromatic heterocycles. The number of methoxy groups -OCH3 is 2. The van der Waals surface area contributed by atoms with Gasteiger partial charge in [-0.3, -0.25) is 4.90 Å². The molecule has 160 valence electrons. The van der Waals surface area contributed by atoms with Crippen LogP contribution in [-0.4, -0.2) is 28.7 Å². The third kappa shape index (κ3) is 3.59. The lowest BCUT2D eigenvalue weighted by Crippen LogP contribution is -2.50. The van der Waals surface area contributed by atoms with Crippen LogP contribution >= 0.6 is 0 Å². The van der Waals surface area contributed by atoms with Crippen LogP contribution in [0.5, 0.6) is 11.5 Å². The zero-order valence-electron chi connectivity index (χ0n) is 17.4. The molecule has 0 unspecified atom stereocenters. The van der Waals surface area contributed by atoms with Crippen LogP contribution in [0.2, 0.25) is 0 Å². The Morgan fingerprint density at radius 3 is 2.32 bits per heavy atom. The third-order valence-electron chi connectivity index (χ3n) is 5.10. The summed E-state index contributed by atoms with van der Waals surface area (Å²) in [7, 11) is -1.18. The van der Waals surface area contributed by atoms with Gasteiger partial charge in [-0.25, -0.2) is 13.2 Å². The van der Waals surface area contributed by atoms with E-state index in [4.69, 9.17) is 9.47 Å². The molecule has 0 radical (unpaired) electrons. The van der Waals surface area contributed by atoms with Gasteiger partial charge in [0.2, 0.25) is 0 Å². The largest absolute Gasteiger partial charge is 0.493 e. The van der Waals surface area contributed by atoms with Crippen molar-refractivity contribution in [3.05, 3.63) is 77.9 Å². The molecule has 3 aromatic carbocycles. The molecule has 4 rings (SSSR count). The van der Waals surface area contributed by atoms with Crippen molar-refractivity contribution in [2.45, 2.75) is 18.4 Å². The molecule has 0 fully saturated rings. The monoisotopic (exact) mass is 438 g/mol. The number of benzene rings is 3. The van der Waals surface area contributed by atoms with Crippen LogP contribution < -0.4 is 18.7 Å². The first-order valence-electron chi connectivity index (χ1n) is 9.60. The summed E-state index contributed by atoms with van der Waals surface area (Å²) in [4.78, 5) is 15.1. The summed E-state index contributed by atoms with van der Waals surface area (Å²) in [6.45, 7) is 2.20. The van der Waals surface area contributed by atoms with E-state index < -0.39 is 16.1 Å². The molecule has 0 saturated carbocycles. The molecule has 0 spiro atoms. The Morgan fingerprint density at radius 2 is 1.61 bits per heavy atom. The van der Waals surface area contributed by atoms with Crippen LogP contribution in [0.3, 0.4) is 0 Å². The summed E-state index contributed by atoms with van der Waals surface area (Å²) >= 11 is 0. The molecular weight excluding hydrogens is 416 g/mol. The number of rotatable bonds is 5. The highest BCUT2D eigenvalue weighted by atomic mass is 32.2. The lowest BCUT2D eigenvalue weighted by Gasteiger charge is -2.36. The van der Waals surface area contributed by atoms with E-state index in [-0.39, 0.29) is 17.1 Å².